The van der Waals surface area contributed by atoms with Gasteiger partial charge in [0.2, 0.25) is 0 Å². The molecule has 0 fully saturated rings. The molecule has 0 saturated heterocycles. The van der Waals surface area contributed by atoms with Gasteiger partial charge in [0.25, 0.3) is 5.56 Å². The molecule has 6 heteroatoms. The standard InChI is InChI=1S/C21H19N5O/c1-15-10-11-18(13-16(15)2)26-20-19(23-24-26)21(27)25(14-22-20)12-6-9-17-7-4-3-5-8-17/h3-11,13-14H,12H2,1-2H3/b9-6+. The molecule has 0 aliphatic heterocycles. The summed E-state index contributed by atoms with van der Waals surface area (Å²) in [5, 5.41) is 8.21. The molecule has 0 saturated carbocycles. The number of fused-ring (bicyclic) bond motifs is 1. The van der Waals surface area contributed by atoms with E-state index < -0.39 is 0 Å². The van der Waals surface area contributed by atoms with Crippen LogP contribution in [0.2, 0.25) is 0 Å². The van der Waals surface area contributed by atoms with Crippen LogP contribution in [0.25, 0.3) is 22.9 Å². The lowest BCUT2D eigenvalue weighted by molar-refractivity contribution is 0.765. The van der Waals surface area contributed by atoms with Crippen molar-refractivity contribution >= 4 is 17.2 Å². The number of aromatic nitrogens is 5. The first-order valence-electron chi connectivity index (χ1n) is 8.73. The number of aryl methyl sites for hydroxylation is 2. The van der Waals surface area contributed by atoms with Gasteiger partial charge >= 0.3 is 0 Å². The minimum absolute atomic E-state index is 0.201. The molecule has 0 radical (unpaired) electrons. The summed E-state index contributed by atoms with van der Waals surface area (Å²) in [6.07, 6.45) is 5.45. The second-order valence-electron chi connectivity index (χ2n) is 6.46. The predicted molar refractivity (Wildman–Crippen MR) is 106 cm³/mol. The van der Waals surface area contributed by atoms with Crippen LogP contribution in [0, 0.1) is 13.8 Å². The molecule has 0 amide bonds. The molecule has 0 spiro atoms. The van der Waals surface area contributed by atoms with Crippen molar-refractivity contribution < 1.29 is 0 Å². The van der Waals surface area contributed by atoms with Gasteiger partial charge in [-0.05, 0) is 42.7 Å². The van der Waals surface area contributed by atoms with Gasteiger partial charge in [0.1, 0.15) is 6.33 Å². The molecule has 134 valence electrons. The number of benzene rings is 2. The molecule has 2 aromatic carbocycles. The topological polar surface area (TPSA) is 65.6 Å². The summed E-state index contributed by atoms with van der Waals surface area (Å²) in [4.78, 5) is 17.1. The normalized spacial score (nSPS) is 11.5. The molecule has 6 nitrogen and oxygen atoms in total. The third-order valence-electron chi connectivity index (χ3n) is 4.58. The number of rotatable bonds is 4. The van der Waals surface area contributed by atoms with E-state index in [0.717, 1.165) is 16.8 Å². The Bertz CT molecular complexity index is 1190. The summed E-state index contributed by atoms with van der Waals surface area (Å²) in [5.74, 6) is 0. The van der Waals surface area contributed by atoms with Gasteiger partial charge in [0.05, 0.1) is 5.69 Å². The molecule has 0 bridgehead atoms. The molecule has 0 aliphatic rings. The van der Waals surface area contributed by atoms with Crippen molar-refractivity contribution in [3.05, 3.63) is 88.0 Å². The molecular formula is C21H19N5O. The van der Waals surface area contributed by atoms with Gasteiger partial charge in [0.15, 0.2) is 11.2 Å². The highest BCUT2D eigenvalue weighted by Crippen LogP contribution is 2.16. The van der Waals surface area contributed by atoms with Crippen molar-refractivity contribution in [3.63, 3.8) is 0 Å². The molecule has 0 aliphatic carbocycles. The minimum atomic E-state index is -0.201. The van der Waals surface area contributed by atoms with Crippen LogP contribution in [-0.4, -0.2) is 24.5 Å². The maximum atomic E-state index is 12.7. The summed E-state index contributed by atoms with van der Waals surface area (Å²) < 4.78 is 3.13. The fourth-order valence-corrected chi connectivity index (χ4v) is 2.87. The predicted octanol–water partition coefficient (Wildman–Crippen LogP) is 3.31. The summed E-state index contributed by atoms with van der Waals surface area (Å²) in [6, 6.07) is 15.9. The lowest BCUT2D eigenvalue weighted by Crippen LogP contribution is -2.20. The highest BCUT2D eigenvalue weighted by Gasteiger charge is 2.13. The van der Waals surface area contributed by atoms with Crippen LogP contribution in [0.5, 0.6) is 0 Å². The molecule has 27 heavy (non-hydrogen) atoms. The van der Waals surface area contributed by atoms with Gasteiger partial charge in [-0.2, -0.15) is 4.68 Å². The highest BCUT2D eigenvalue weighted by atomic mass is 16.1. The summed E-state index contributed by atoms with van der Waals surface area (Å²) >= 11 is 0. The van der Waals surface area contributed by atoms with Crippen LogP contribution >= 0.6 is 0 Å². The van der Waals surface area contributed by atoms with Crippen LogP contribution in [-0.2, 0) is 6.54 Å². The second kappa shape index (κ2) is 6.99. The Balaban J connectivity index is 1.66. The van der Waals surface area contributed by atoms with Gasteiger partial charge in [-0.25, -0.2) is 4.98 Å². The number of hydrogen-bond acceptors (Lipinski definition) is 4. The first kappa shape index (κ1) is 16.9. The van der Waals surface area contributed by atoms with Crippen molar-refractivity contribution in [2.75, 3.05) is 0 Å². The van der Waals surface area contributed by atoms with E-state index in [4.69, 9.17) is 0 Å². The zero-order valence-electron chi connectivity index (χ0n) is 15.2. The third-order valence-corrected chi connectivity index (χ3v) is 4.58. The first-order chi connectivity index (χ1) is 13.1. The van der Waals surface area contributed by atoms with Crippen LogP contribution in [0.1, 0.15) is 16.7 Å². The summed E-state index contributed by atoms with van der Waals surface area (Å²) in [6.45, 7) is 4.52. The van der Waals surface area contributed by atoms with Crippen LogP contribution in [0.15, 0.2) is 65.7 Å². The zero-order chi connectivity index (χ0) is 18.8. The molecule has 0 atom stereocenters. The Morgan fingerprint density at radius 3 is 2.63 bits per heavy atom. The second-order valence-corrected chi connectivity index (χ2v) is 6.46. The molecule has 0 N–H and O–H groups in total. The van der Waals surface area contributed by atoms with E-state index in [2.05, 4.69) is 22.2 Å². The quantitative estimate of drug-likeness (QED) is 0.562. The number of allylic oxidation sites excluding steroid dienone is 1. The molecule has 2 heterocycles. The van der Waals surface area contributed by atoms with E-state index in [-0.39, 0.29) is 11.1 Å². The van der Waals surface area contributed by atoms with Crippen LogP contribution < -0.4 is 5.56 Å². The monoisotopic (exact) mass is 357 g/mol. The molecule has 4 aromatic rings. The molecular weight excluding hydrogens is 338 g/mol. The zero-order valence-corrected chi connectivity index (χ0v) is 15.2. The minimum Gasteiger partial charge on any atom is -0.293 e. The van der Waals surface area contributed by atoms with Crippen molar-refractivity contribution in [2.45, 2.75) is 20.4 Å². The fourth-order valence-electron chi connectivity index (χ4n) is 2.87. The SMILES string of the molecule is Cc1ccc(-n2nnc3c(=O)n(C/C=C/c4ccccc4)cnc32)cc1C. The third kappa shape index (κ3) is 3.29. The lowest BCUT2D eigenvalue weighted by Gasteiger charge is -2.05. The van der Waals surface area contributed by atoms with Gasteiger partial charge in [-0.15, -0.1) is 5.10 Å². The Morgan fingerprint density at radius 2 is 1.85 bits per heavy atom. The van der Waals surface area contributed by atoms with Gasteiger partial charge < -0.3 is 0 Å². The van der Waals surface area contributed by atoms with E-state index in [1.165, 1.54) is 10.1 Å². The average molecular weight is 357 g/mol. The fraction of sp³-hybridized carbons (Fsp3) is 0.143. The number of nitrogens with zero attached hydrogens (tertiary/aromatic N) is 5. The van der Waals surface area contributed by atoms with Crippen LogP contribution in [0.3, 0.4) is 0 Å². The summed E-state index contributed by atoms with van der Waals surface area (Å²) in [5.41, 5.74) is 4.80. The van der Waals surface area contributed by atoms with Crippen molar-refractivity contribution in [1.82, 2.24) is 24.5 Å². The Kier molecular flexibility index (Phi) is 4.38. The largest absolute Gasteiger partial charge is 0.293 e. The van der Waals surface area contributed by atoms with E-state index in [1.54, 1.807) is 11.0 Å². The smallest absolute Gasteiger partial charge is 0.283 e. The van der Waals surface area contributed by atoms with Crippen molar-refractivity contribution in [3.8, 4) is 5.69 Å². The van der Waals surface area contributed by atoms with Crippen LogP contribution in [0.4, 0.5) is 0 Å². The Hall–Kier alpha value is -3.54. The van der Waals surface area contributed by atoms with E-state index >= 15 is 0 Å². The average Bonchev–Trinajstić information content (AvgIpc) is 3.11. The van der Waals surface area contributed by atoms with Crippen molar-refractivity contribution in [1.29, 1.82) is 0 Å². The van der Waals surface area contributed by atoms with E-state index in [0.29, 0.717) is 12.2 Å². The molecule has 2 aromatic heterocycles. The maximum absolute atomic E-state index is 12.7. The van der Waals surface area contributed by atoms with Crippen molar-refractivity contribution in [2.24, 2.45) is 0 Å². The highest BCUT2D eigenvalue weighted by molar-refractivity contribution is 5.70. The summed E-state index contributed by atoms with van der Waals surface area (Å²) in [7, 11) is 0. The van der Waals surface area contributed by atoms with E-state index in [9.17, 15) is 4.79 Å². The van der Waals surface area contributed by atoms with Gasteiger partial charge in [-0.1, -0.05) is 53.8 Å². The maximum Gasteiger partial charge on any atom is 0.283 e. The lowest BCUT2D eigenvalue weighted by atomic mass is 10.1. The Labute approximate surface area is 156 Å². The van der Waals surface area contributed by atoms with Gasteiger partial charge in [-0.3, -0.25) is 9.36 Å². The molecule has 0 unspecified atom stereocenters. The first-order valence-corrected chi connectivity index (χ1v) is 8.73. The molecule has 4 rings (SSSR count). The Morgan fingerprint density at radius 1 is 1.04 bits per heavy atom. The van der Waals surface area contributed by atoms with Gasteiger partial charge in [0, 0.05) is 6.54 Å². The number of hydrogen-bond donors (Lipinski definition) is 0. The van der Waals surface area contributed by atoms with E-state index in [1.807, 2.05) is 67.6 Å².